The van der Waals surface area contributed by atoms with Gasteiger partial charge in [-0.25, -0.2) is 0 Å². The van der Waals surface area contributed by atoms with Gasteiger partial charge in [-0.05, 0) is 42.4 Å². The summed E-state index contributed by atoms with van der Waals surface area (Å²) in [4.78, 5) is 0. The molecule has 1 aliphatic rings. The minimum atomic E-state index is 0.718. The van der Waals surface area contributed by atoms with Gasteiger partial charge in [-0.15, -0.1) is 11.6 Å². The van der Waals surface area contributed by atoms with Gasteiger partial charge >= 0.3 is 0 Å². The molecule has 0 spiro atoms. The molecule has 2 heteroatoms. The van der Waals surface area contributed by atoms with Gasteiger partial charge in [0.05, 0.1) is 0 Å². The van der Waals surface area contributed by atoms with Gasteiger partial charge < -0.3 is 0 Å². The van der Waals surface area contributed by atoms with Crippen LogP contribution in [0.25, 0.3) is 0 Å². The van der Waals surface area contributed by atoms with Crippen molar-refractivity contribution < 1.29 is 0 Å². The lowest BCUT2D eigenvalue weighted by molar-refractivity contribution is 0.585. The second kappa shape index (κ2) is 6.80. The molecule has 1 aromatic carbocycles. The van der Waals surface area contributed by atoms with Gasteiger partial charge in [0, 0.05) is 10.4 Å². The first kappa shape index (κ1) is 13.4. The summed E-state index contributed by atoms with van der Waals surface area (Å²) in [6, 6.07) is 6.55. The standard InChI is InChI=1S/C15H20BrCl/c16-14-9-5-8-13(10-11-17)15(14)12-6-3-1-2-4-7-12/h5,8-9,12H,1-4,6-7,10-11H2. The normalized spacial score (nSPS) is 18.0. The number of hydrogen-bond donors (Lipinski definition) is 0. The van der Waals surface area contributed by atoms with E-state index < -0.39 is 0 Å². The molecule has 2 rings (SSSR count). The number of benzene rings is 1. The largest absolute Gasteiger partial charge is 0.126 e. The van der Waals surface area contributed by atoms with Crippen molar-refractivity contribution in [1.82, 2.24) is 0 Å². The predicted molar refractivity (Wildman–Crippen MR) is 79.0 cm³/mol. The molecule has 0 aliphatic heterocycles. The molecule has 1 aromatic rings. The second-order valence-electron chi connectivity index (χ2n) is 4.94. The molecule has 0 saturated heterocycles. The van der Waals surface area contributed by atoms with E-state index in [1.165, 1.54) is 54.1 Å². The summed E-state index contributed by atoms with van der Waals surface area (Å²) in [5.74, 6) is 1.46. The third-order valence-corrected chi connectivity index (χ3v) is 4.65. The Morgan fingerprint density at radius 2 is 1.82 bits per heavy atom. The van der Waals surface area contributed by atoms with Crippen LogP contribution in [0.3, 0.4) is 0 Å². The molecule has 0 bridgehead atoms. The summed E-state index contributed by atoms with van der Waals surface area (Å²) >= 11 is 9.65. The van der Waals surface area contributed by atoms with E-state index in [1.54, 1.807) is 0 Å². The molecule has 0 atom stereocenters. The quantitative estimate of drug-likeness (QED) is 0.498. The highest BCUT2D eigenvalue weighted by molar-refractivity contribution is 9.10. The summed E-state index contributed by atoms with van der Waals surface area (Å²) < 4.78 is 1.28. The first-order valence-corrected chi connectivity index (χ1v) is 7.99. The highest BCUT2D eigenvalue weighted by Gasteiger charge is 2.19. The van der Waals surface area contributed by atoms with Crippen molar-refractivity contribution in [2.75, 3.05) is 5.88 Å². The predicted octanol–water partition coefficient (Wildman–Crippen LogP) is 5.67. The zero-order chi connectivity index (χ0) is 12.1. The molecule has 0 radical (unpaired) electrons. The Morgan fingerprint density at radius 1 is 1.12 bits per heavy atom. The SMILES string of the molecule is ClCCc1cccc(Br)c1C1CCCCCC1. The summed E-state index contributed by atoms with van der Waals surface area (Å²) in [6.45, 7) is 0. The summed E-state index contributed by atoms with van der Waals surface area (Å²) in [5, 5.41) is 0. The number of alkyl halides is 1. The average molecular weight is 316 g/mol. The Kier molecular flexibility index (Phi) is 5.37. The fourth-order valence-electron chi connectivity index (χ4n) is 2.93. The van der Waals surface area contributed by atoms with Crippen molar-refractivity contribution >= 4 is 27.5 Å². The molecule has 1 aliphatic carbocycles. The van der Waals surface area contributed by atoms with Crippen molar-refractivity contribution in [3.63, 3.8) is 0 Å². The minimum absolute atomic E-state index is 0.718. The maximum Gasteiger partial charge on any atom is 0.0264 e. The van der Waals surface area contributed by atoms with Crippen LogP contribution in [-0.2, 0) is 6.42 Å². The lowest BCUT2D eigenvalue weighted by Gasteiger charge is -2.20. The van der Waals surface area contributed by atoms with Crippen molar-refractivity contribution in [3.8, 4) is 0 Å². The van der Waals surface area contributed by atoms with Crippen LogP contribution in [0.15, 0.2) is 22.7 Å². The molecule has 0 heterocycles. The Bertz CT molecular complexity index is 354. The monoisotopic (exact) mass is 314 g/mol. The van der Waals surface area contributed by atoms with Crippen molar-refractivity contribution in [3.05, 3.63) is 33.8 Å². The molecular formula is C15H20BrCl. The van der Waals surface area contributed by atoms with Crippen LogP contribution in [-0.4, -0.2) is 5.88 Å². The highest BCUT2D eigenvalue weighted by atomic mass is 79.9. The lowest BCUT2D eigenvalue weighted by atomic mass is 9.87. The average Bonchev–Trinajstić information content (AvgIpc) is 2.58. The molecule has 17 heavy (non-hydrogen) atoms. The van der Waals surface area contributed by atoms with E-state index in [4.69, 9.17) is 11.6 Å². The third-order valence-electron chi connectivity index (χ3n) is 3.77. The third kappa shape index (κ3) is 3.48. The smallest absolute Gasteiger partial charge is 0.0264 e. The maximum absolute atomic E-state index is 5.92. The summed E-state index contributed by atoms with van der Waals surface area (Å²) in [5.41, 5.74) is 2.98. The van der Waals surface area contributed by atoms with Crippen molar-refractivity contribution in [2.24, 2.45) is 0 Å². The van der Waals surface area contributed by atoms with Crippen LogP contribution < -0.4 is 0 Å². The molecule has 0 nitrogen and oxygen atoms in total. The second-order valence-corrected chi connectivity index (χ2v) is 6.17. The molecule has 1 saturated carbocycles. The fourth-order valence-corrected chi connectivity index (χ4v) is 3.86. The van der Waals surface area contributed by atoms with E-state index in [0.29, 0.717) is 0 Å². The molecule has 0 unspecified atom stereocenters. The Hall–Kier alpha value is -0.0100. The number of halogens is 2. The van der Waals surface area contributed by atoms with Crippen LogP contribution in [0.4, 0.5) is 0 Å². The minimum Gasteiger partial charge on any atom is -0.126 e. The Morgan fingerprint density at radius 3 is 2.47 bits per heavy atom. The maximum atomic E-state index is 5.92. The molecular weight excluding hydrogens is 296 g/mol. The topological polar surface area (TPSA) is 0 Å². The number of aryl methyl sites for hydroxylation is 1. The van der Waals surface area contributed by atoms with E-state index >= 15 is 0 Å². The van der Waals surface area contributed by atoms with Gasteiger partial charge in [-0.1, -0.05) is 53.7 Å². The van der Waals surface area contributed by atoms with Gasteiger partial charge in [0.2, 0.25) is 0 Å². The van der Waals surface area contributed by atoms with Crippen LogP contribution in [0.5, 0.6) is 0 Å². The van der Waals surface area contributed by atoms with E-state index in [1.807, 2.05) is 0 Å². The number of hydrogen-bond acceptors (Lipinski definition) is 0. The van der Waals surface area contributed by atoms with Crippen molar-refractivity contribution in [2.45, 2.75) is 50.9 Å². The molecule has 1 fully saturated rings. The van der Waals surface area contributed by atoms with E-state index in [2.05, 4.69) is 34.1 Å². The van der Waals surface area contributed by atoms with Crippen LogP contribution in [0, 0.1) is 0 Å². The molecule has 0 aromatic heterocycles. The summed E-state index contributed by atoms with van der Waals surface area (Å²) in [7, 11) is 0. The zero-order valence-corrected chi connectivity index (χ0v) is 12.6. The van der Waals surface area contributed by atoms with Gasteiger partial charge in [-0.3, -0.25) is 0 Å². The first-order valence-electron chi connectivity index (χ1n) is 6.66. The van der Waals surface area contributed by atoms with Gasteiger partial charge in [0.15, 0.2) is 0 Å². The molecule has 94 valence electrons. The van der Waals surface area contributed by atoms with E-state index in [0.717, 1.165) is 18.2 Å². The van der Waals surface area contributed by atoms with Gasteiger partial charge in [0.1, 0.15) is 0 Å². The summed E-state index contributed by atoms with van der Waals surface area (Å²) in [6.07, 6.45) is 9.26. The van der Waals surface area contributed by atoms with Crippen LogP contribution >= 0.6 is 27.5 Å². The molecule has 0 N–H and O–H groups in total. The van der Waals surface area contributed by atoms with Crippen LogP contribution in [0.1, 0.15) is 55.6 Å². The Balaban J connectivity index is 2.27. The fraction of sp³-hybridized carbons (Fsp3) is 0.600. The van der Waals surface area contributed by atoms with Crippen molar-refractivity contribution in [1.29, 1.82) is 0 Å². The first-order chi connectivity index (χ1) is 8.33. The van der Waals surface area contributed by atoms with Gasteiger partial charge in [-0.2, -0.15) is 0 Å². The van der Waals surface area contributed by atoms with E-state index in [-0.39, 0.29) is 0 Å². The Labute approximate surface area is 118 Å². The number of rotatable bonds is 3. The van der Waals surface area contributed by atoms with E-state index in [9.17, 15) is 0 Å². The zero-order valence-electron chi connectivity index (χ0n) is 10.2. The highest BCUT2D eigenvalue weighted by Crippen LogP contribution is 2.37. The van der Waals surface area contributed by atoms with Crippen LogP contribution in [0.2, 0.25) is 0 Å². The van der Waals surface area contributed by atoms with Gasteiger partial charge in [0.25, 0.3) is 0 Å². The molecule has 0 amide bonds. The lowest BCUT2D eigenvalue weighted by Crippen LogP contribution is -2.04.